The Morgan fingerprint density at radius 3 is 2.00 bits per heavy atom. The zero-order valence-electron chi connectivity index (χ0n) is 6.33. The van der Waals surface area contributed by atoms with E-state index in [-0.39, 0.29) is 6.54 Å². The molecule has 1 unspecified atom stereocenters. The van der Waals surface area contributed by atoms with Gasteiger partial charge in [0, 0.05) is 6.54 Å². The molecule has 1 aliphatic rings. The Kier molecular flexibility index (Phi) is 2.99. The van der Waals surface area contributed by atoms with Crippen molar-refractivity contribution in [3.63, 3.8) is 0 Å². The lowest BCUT2D eigenvalue weighted by Crippen LogP contribution is -2.47. The Hall–Kier alpha value is -0.240. The van der Waals surface area contributed by atoms with Crippen molar-refractivity contribution in [2.45, 2.75) is 30.6 Å². The molecule has 0 spiro atoms. The minimum Gasteiger partial charge on any atom is -0.389 e. The van der Waals surface area contributed by atoms with Gasteiger partial charge in [-0.1, -0.05) is 0 Å². The van der Waals surface area contributed by atoms with Crippen molar-refractivity contribution in [1.29, 1.82) is 0 Å². The van der Waals surface area contributed by atoms with E-state index in [1.807, 2.05) is 0 Å². The molecular weight excluding hydrogens is 166 g/mol. The SMILES string of the molecule is OC1NC[C@H](O)[C@@H](O)[C@H](O)[C@H]1O. The average Bonchev–Trinajstić information content (AvgIpc) is 2.14. The predicted molar refractivity (Wildman–Crippen MR) is 38.0 cm³/mol. The molecule has 0 radical (unpaired) electrons. The molecule has 6 heteroatoms. The van der Waals surface area contributed by atoms with E-state index in [4.69, 9.17) is 25.5 Å². The lowest BCUT2D eigenvalue weighted by Gasteiger charge is -2.22. The van der Waals surface area contributed by atoms with Crippen LogP contribution in [0.4, 0.5) is 0 Å². The molecule has 6 N–H and O–H groups in total. The van der Waals surface area contributed by atoms with Crippen LogP contribution in [0, 0.1) is 0 Å². The van der Waals surface area contributed by atoms with Crippen LogP contribution < -0.4 is 5.32 Å². The molecule has 72 valence electrons. The van der Waals surface area contributed by atoms with Gasteiger partial charge in [-0.25, -0.2) is 0 Å². The standard InChI is InChI=1S/C6H13NO5/c8-2-1-7-6(12)5(11)4(10)3(2)9/h2-12H,1H2/t2-,3+,4-,5+,6?/m0/s1. The first-order chi connectivity index (χ1) is 5.54. The molecule has 1 fully saturated rings. The second-order valence-electron chi connectivity index (χ2n) is 2.89. The molecule has 0 amide bonds. The van der Waals surface area contributed by atoms with Crippen LogP contribution in [0.1, 0.15) is 0 Å². The average molecular weight is 179 g/mol. The van der Waals surface area contributed by atoms with Crippen LogP contribution in [0.2, 0.25) is 0 Å². The molecule has 0 saturated carbocycles. The summed E-state index contributed by atoms with van der Waals surface area (Å²) in [4.78, 5) is 0. The summed E-state index contributed by atoms with van der Waals surface area (Å²) in [5.41, 5.74) is 0. The van der Waals surface area contributed by atoms with Gasteiger partial charge in [0.15, 0.2) is 0 Å². The van der Waals surface area contributed by atoms with Crippen LogP contribution >= 0.6 is 0 Å². The van der Waals surface area contributed by atoms with Gasteiger partial charge < -0.3 is 25.5 Å². The fourth-order valence-electron chi connectivity index (χ4n) is 1.10. The maximum Gasteiger partial charge on any atom is 0.133 e. The molecule has 1 heterocycles. The largest absolute Gasteiger partial charge is 0.389 e. The highest BCUT2D eigenvalue weighted by Crippen LogP contribution is 2.10. The predicted octanol–water partition coefficient (Wildman–Crippen LogP) is -3.65. The van der Waals surface area contributed by atoms with Gasteiger partial charge in [0.2, 0.25) is 0 Å². The van der Waals surface area contributed by atoms with E-state index in [9.17, 15) is 0 Å². The third-order valence-electron chi connectivity index (χ3n) is 1.95. The number of hydrogen-bond donors (Lipinski definition) is 6. The van der Waals surface area contributed by atoms with Crippen LogP contribution in [0.5, 0.6) is 0 Å². The molecule has 1 rings (SSSR count). The van der Waals surface area contributed by atoms with Gasteiger partial charge in [-0.05, 0) is 0 Å². The van der Waals surface area contributed by atoms with E-state index >= 15 is 0 Å². The van der Waals surface area contributed by atoms with Crippen molar-refractivity contribution in [2.75, 3.05) is 6.54 Å². The molecule has 0 aromatic rings. The second-order valence-corrected chi connectivity index (χ2v) is 2.89. The number of nitrogens with one attached hydrogen (secondary N) is 1. The quantitative estimate of drug-likeness (QED) is 0.228. The van der Waals surface area contributed by atoms with E-state index in [1.54, 1.807) is 0 Å². The molecule has 0 aromatic heterocycles. The van der Waals surface area contributed by atoms with Crippen LogP contribution in [0.15, 0.2) is 0 Å². The Morgan fingerprint density at radius 2 is 1.42 bits per heavy atom. The molecule has 12 heavy (non-hydrogen) atoms. The molecule has 1 saturated heterocycles. The van der Waals surface area contributed by atoms with Crippen LogP contribution in [-0.2, 0) is 0 Å². The first kappa shape index (κ1) is 9.85. The number of hydrogen-bond acceptors (Lipinski definition) is 6. The Bertz CT molecular complexity index is 139. The fourth-order valence-corrected chi connectivity index (χ4v) is 1.10. The van der Waals surface area contributed by atoms with Crippen LogP contribution in [-0.4, -0.2) is 62.7 Å². The lowest BCUT2D eigenvalue weighted by molar-refractivity contribution is -0.117. The van der Waals surface area contributed by atoms with Crippen molar-refractivity contribution in [2.24, 2.45) is 0 Å². The summed E-state index contributed by atoms with van der Waals surface area (Å²) in [7, 11) is 0. The van der Waals surface area contributed by atoms with E-state index in [2.05, 4.69) is 5.32 Å². The van der Waals surface area contributed by atoms with E-state index in [0.717, 1.165) is 0 Å². The zero-order valence-corrected chi connectivity index (χ0v) is 6.33. The highest BCUT2D eigenvalue weighted by Gasteiger charge is 2.37. The molecule has 5 atom stereocenters. The molecule has 0 aliphatic carbocycles. The zero-order chi connectivity index (χ0) is 9.30. The van der Waals surface area contributed by atoms with E-state index < -0.39 is 30.6 Å². The number of aliphatic hydroxyl groups excluding tert-OH is 5. The fraction of sp³-hybridized carbons (Fsp3) is 1.00. The third-order valence-corrected chi connectivity index (χ3v) is 1.95. The molecule has 0 bridgehead atoms. The summed E-state index contributed by atoms with van der Waals surface area (Å²) in [6.07, 6.45) is -6.98. The maximum absolute atomic E-state index is 9.11. The summed E-state index contributed by atoms with van der Waals surface area (Å²) >= 11 is 0. The minimum atomic E-state index is -1.54. The van der Waals surface area contributed by atoms with Gasteiger partial charge in [-0.3, -0.25) is 5.32 Å². The highest BCUT2D eigenvalue weighted by atomic mass is 16.4. The third kappa shape index (κ3) is 1.74. The van der Waals surface area contributed by atoms with Crippen molar-refractivity contribution >= 4 is 0 Å². The van der Waals surface area contributed by atoms with Crippen molar-refractivity contribution in [1.82, 2.24) is 5.32 Å². The summed E-state index contributed by atoms with van der Waals surface area (Å²) < 4.78 is 0. The molecular formula is C6H13NO5. The Balaban J connectivity index is 2.68. The Labute approximate surface area is 69.1 Å². The van der Waals surface area contributed by atoms with Crippen molar-refractivity contribution in [3.8, 4) is 0 Å². The summed E-state index contributed by atoms with van der Waals surface area (Å²) in [6, 6.07) is 0. The number of rotatable bonds is 0. The van der Waals surface area contributed by atoms with Crippen molar-refractivity contribution < 1.29 is 25.5 Å². The monoisotopic (exact) mass is 179 g/mol. The first-order valence-corrected chi connectivity index (χ1v) is 3.67. The van der Waals surface area contributed by atoms with Crippen LogP contribution in [0.3, 0.4) is 0 Å². The van der Waals surface area contributed by atoms with Gasteiger partial charge in [0.1, 0.15) is 24.5 Å². The molecule has 6 nitrogen and oxygen atoms in total. The van der Waals surface area contributed by atoms with E-state index in [0.29, 0.717) is 0 Å². The smallest absolute Gasteiger partial charge is 0.133 e. The second kappa shape index (κ2) is 3.65. The number of aliphatic hydroxyl groups is 5. The van der Waals surface area contributed by atoms with Gasteiger partial charge in [0.05, 0.1) is 6.10 Å². The lowest BCUT2D eigenvalue weighted by atomic mass is 10.0. The first-order valence-electron chi connectivity index (χ1n) is 3.67. The Morgan fingerprint density at radius 1 is 0.833 bits per heavy atom. The van der Waals surface area contributed by atoms with Crippen molar-refractivity contribution in [3.05, 3.63) is 0 Å². The molecule has 0 aromatic carbocycles. The molecule has 1 aliphatic heterocycles. The van der Waals surface area contributed by atoms with Gasteiger partial charge >= 0.3 is 0 Å². The van der Waals surface area contributed by atoms with E-state index in [1.165, 1.54) is 0 Å². The summed E-state index contributed by atoms with van der Waals surface area (Å²) in [5, 5.41) is 47.7. The van der Waals surface area contributed by atoms with Gasteiger partial charge in [-0.2, -0.15) is 0 Å². The topological polar surface area (TPSA) is 113 Å². The summed E-state index contributed by atoms with van der Waals surface area (Å²) in [5.74, 6) is 0. The summed E-state index contributed by atoms with van der Waals surface area (Å²) in [6.45, 7) is -0.0730. The van der Waals surface area contributed by atoms with Gasteiger partial charge in [0.25, 0.3) is 0 Å². The minimum absolute atomic E-state index is 0.0730. The number of β-amino-alcohol motifs (C(OH)–C–C–N with tert-alkyl or cyclic N) is 1. The van der Waals surface area contributed by atoms with Crippen LogP contribution in [0.25, 0.3) is 0 Å². The highest BCUT2D eigenvalue weighted by molar-refractivity contribution is 4.88. The maximum atomic E-state index is 9.11. The van der Waals surface area contributed by atoms with Gasteiger partial charge in [-0.15, -0.1) is 0 Å². The normalized spacial score (nSPS) is 50.2.